The van der Waals surface area contributed by atoms with Gasteiger partial charge >= 0.3 is 5.97 Å². The highest BCUT2D eigenvalue weighted by Gasteiger charge is 2.20. The quantitative estimate of drug-likeness (QED) is 0.763. The summed E-state index contributed by atoms with van der Waals surface area (Å²) in [5.74, 6) is -0.631. The number of benzene rings is 1. The summed E-state index contributed by atoms with van der Waals surface area (Å²) in [6.07, 6.45) is 0.0124. The fourth-order valence-corrected chi connectivity index (χ4v) is 2.94. The van der Waals surface area contributed by atoms with E-state index in [9.17, 15) is 9.90 Å². The smallest absolute Gasteiger partial charge is 0.305 e. The van der Waals surface area contributed by atoms with Gasteiger partial charge in [-0.05, 0) is 24.4 Å². The Morgan fingerprint density at radius 3 is 2.65 bits per heavy atom. The van der Waals surface area contributed by atoms with Crippen LogP contribution in [0.3, 0.4) is 0 Å². The number of aromatic hydroxyl groups is 1. The summed E-state index contributed by atoms with van der Waals surface area (Å²) in [6, 6.07) is 10.5. The number of hydrogen-bond donors (Lipinski definition) is 3. The first-order chi connectivity index (χ1) is 9.58. The number of nitrogens with one attached hydrogen (secondary N) is 1. The third kappa shape index (κ3) is 3.59. The van der Waals surface area contributed by atoms with Gasteiger partial charge < -0.3 is 15.5 Å². The van der Waals surface area contributed by atoms with Crippen LogP contribution in [0.25, 0.3) is 0 Å². The molecule has 2 aromatic rings. The zero-order chi connectivity index (χ0) is 14.5. The summed E-state index contributed by atoms with van der Waals surface area (Å²) < 4.78 is 0. The Hall–Kier alpha value is -1.85. The molecule has 20 heavy (non-hydrogen) atoms. The maximum absolute atomic E-state index is 11.0. The lowest BCUT2D eigenvalue weighted by Crippen LogP contribution is -2.26. The van der Waals surface area contributed by atoms with Gasteiger partial charge in [0, 0.05) is 16.5 Å². The van der Waals surface area contributed by atoms with Crippen LogP contribution in [0, 0.1) is 0 Å². The van der Waals surface area contributed by atoms with Crippen LogP contribution >= 0.6 is 11.3 Å². The van der Waals surface area contributed by atoms with Crippen LogP contribution in [-0.4, -0.2) is 16.2 Å². The lowest BCUT2D eigenvalue weighted by Gasteiger charge is -2.22. The third-order valence-electron chi connectivity index (χ3n) is 3.12. The van der Waals surface area contributed by atoms with Crippen LogP contribution in [0.15, 0.2) is 41.8 Å². The van der Waals surface area contributed by atoms with Crippen molar-refractivity contribution < 1.29 is 15.0 Å². The Bertz CT molecular complexity index is 568. The number of rotatable bonds is 6. The van der Waals surface area contributed by atoms with Crippen LogP contribution < -0.4 is 5.32 Å². The molecule has 0 saturated carbocycles. The van der Waals surface area contributed by atoms with Gasteiger partial charge in [0.25, 0.3) is 0 Å². The van der Waals surface area contributed by atoms with E-state index in [2.05, 4.69) is 5.32 Å². The average Bonchev–Trinajstić information content (AvgIpc) is 2.91. The number of para-hydroxylation sites is 1. The van der Waals surface area contributed by atoms with Crippen molar-refractivity contribution in [3.05, 3.63) is 52.2 Å². The lowest BCUT2D eigenvalue weighted by molar-refractivity contribution is -0.137. The molecule has 1 aromatic heterocycles. The molecule has 1 heterocycles. The molecule has 2 unspecified atom stereocenters. The number of carboxylic acid groups (broad SMARTS) is 1. The molecule has 106 valence electrons. The van der Waals surface area contributed by atoms with Gasteiger partial charge in [-0.1, -0.05) is 24.3 Å². The van der Waals surface area contributed by atoms with E-state index in [0.717, 1.165) is 10.4 Å². The Morgan fingerprint density at radius 2 is 2.05 bits per heavy atom. The molecule has 0 aliphatic rings. The zero-order valence-corrected chi connectivity index (χ0v) is 11.9. The average molecular weight is 291 g/mol. The molecule has 1 aromatic carbocycles. The Kier molecular flexibility index (Phi) is 4.76. The van der Waals surface area contributed by atoms with Crippen molar-refractivity contribution in [3.8, 4) is 5.75 Å². The molecule has 0 amide bonds. The molecule has 0 aliphatic carbocycles. The highest BCUT2D eigenvalue weighted by atomic mass is 32.1. The van der Waals surface area contributed by atoms with Crippen LogP contribution in [0.5, 0.6) is 5.75 Å². The summed E-state index contributed by atoms with van der Waals surface area (Å²) in [7, 11) is 0. The maximum Gasteiger partial charge on any atom is 0.305 e. The molecular formula is C15H17NO3S. The van der Waals surface area contributed by atoms with Crippen LogP contribution in [0.2, 0.25) is 0 Å². The molecule has 0 radical (unpaired) electrons. The molecule has 0 fully saturated rings. The molecule has 0 aliphatic heterocycles. The second-order valence-electron chi connectivity index (χ2n) is 4.61. The largest absolute Gasteiger partial charge is 0.508 e. The van der Waals surface area contributed by atoms with E-state index >= 15 is 0 Å². The van der Waals surface area contributed by atoms with Crippen molar-refractivity contribution in [2.24, 2.45) is 0 Å². The summed E-state index contributed by atoms with van der Waals surface area (Å²) >= 11 is 1.53. The van der Waals surface area contributed by atoms with E-state index in [1.807, 2.05) is 36.6 Å². The number of aliphatic carboxylic acids is 1. The number of thiophene rings is 1. The molecule has 2 rings (SSSR count). The van der Waals surface area contributed by atoms with Crippen LogP contribution in [-0.2, 0) is 4.79 Å². The predicted molar refractivity (Wildman–Crippen MR) is 79.0 cm³/mol. The van der Waals surface area contributed by atoms with Gasteiger partial charge in [-0.2, -0.15) is 0 Å². The van der Waals surface area contributed by atoms with Gasteiger partial charge in [0.2, 0.25) is 0 Å². The molecule has 2 atom stereocenters. The number of carboxylic acids is 1. The van der Waals surface area contributed by atoms with Crippen molar-refractivity contribution in [1.29, 1.82) is 0 Å². The van der Waals surface area contributed by atoms with E-state index in [4.69, 9.17) is 5.11 Å². The number of phenolic OH excluding ortho intramolecular Hbond substituents is 1. The fourth-order valence-electron chi connectivity index (χ4n) is 2.15. The first-order valence-electron chi connectivity index (χ1n) is 6.37. The SMILES string of the molecule is CC(NC(CC(=O)O)c1cccs1)c1ccccc1O. The normalized spacial score (nSPS) is 13.8. The van der Waals surface area contributed by atoms with E-state index in [1.165, 1.54) is 11.3 Å². The Balaban J connectivity index is 2.15. The predicted octanol–water partition coefficient (Wildman–Crippen LogP) is 3.32. The summed E-state index contributed by atoms with van der Waals surface area (Å²) in [6.45, 7) is 1.91. The molecular weight excluding hydrogens is 274 g/mol. The second kappa shape index (κ2) is 6.54. The summed E-state index contributed by atoms with van der Waals surface area (Å²) in [5.41, 5.74) is 0.763. The molecule has 4 nitrogen and oxygen atoms in total. The minimum Gasteiger partial charge on any atom is -0.508 e. The van der Waals surface area contributed by atoms with Gasteiger partial charge in [-0.15, -0.1) is 11.3 Å². The minimum absolute atomic E-state index is 0.0124. The van der Waals surface area contributed by atoms with E-state index in [0.29, 0.717) is 0 Å². The van der Waals surface area contributed by atoms with Crippen molar-refractivity contribution >= 4 is 17.3 Å². The zero-order valence-electron chi connectivity index (χ0n) is 11.1. The standard InChI is InChI=1S/C15H17NO3S/c1-10(11-5-2-3-6-13(11)17)16-12(9-15(18)19)14-7-4-8-20-14/h2-8,10,12,16-17H,9H2,1H3,(H,18,19). The number of hydrogen-bond acceptors (Lipinski definition) is 4. The fraction of sp³-hybridized carbons (Fsp3) is 0.267. The maximum atomic E-state index is 11.0. The molecule has 0 saturated heterocycles. The molecule has 3 N–H and O–H groups in total. The minimum atomic E-state index is -0.847. The number of phenols is 1. The second-order valence-corrected chi connectivity index (χ2v) is 5.59. The lowest BCUT2D eigenvalue weighted by atomic mass is 10.0. The van der Waals surface area contributed by atoms with Gasteiger partial charge in [0.1, 0.15) is 5.75 Å². The van der Waals surface area contributed by atoms with Crippen molar-refractivity contribution in [2.75, 3.05) is 0 Å². The third-order valence-corrected chi connectivity index (χ3v) is 4.11. The monoisotopic (exact) mass is 291 g/mol. The summed E-state index contributed by atoms with van der Waals surface area (Å²) in [4.78, 5) is 12.0. The van der Waals surface area contributed by atoms with Crippen molar-refractivity contribution in [1.82, 2.24) is 5.32 Å². The Morgan fingerprint density at radius 1 is 1.30 bits per heavy atom. The summed E-state index contributed by atoms with van der Waals surface area (Å²) in [5, 5.41) is 24.1. The van der Waals surface area contributed by atoms with Gasteiger partial charge in [-0.25, -0.2) is 0 Å². The Labute approximate surface area is 121 Å². The van der Waals surface area contributed by atoms with Crippen LogP contribution in [0.1, 0.15) is 35.9 Å². The molecule has 0 spiro atoms. The van der Waals surface area contributed by atoms with Crippen LogP contribution in [0.4, 0.5) is 0 Å². The van der Waals surface area contributed by atoms with Crippen molar-refractivity contribution in [2.45, 2.75) is 25.4 Å². The topological polar surface area (TPSA) is 69.6 Å². The van der Waals surface area contributed by atoms with Gasteiger partial charge in [0.05, 0.1) is 12.5 Å². The highest BCUT2D eigenvalue weighted by Crippen LogP contribution is 2.29. The molecule has 5 heteroatoms. The van der Waals surface area contributed by atoms with Crippen molar-refractivity contribution in [3.63, 3.8) is 0 Å². The number of carbonyl (C=O) groups is 1. The molecule has 0 bridgehead atoms. The van der Waals surface area contributed by atoms with Gasteiger partial charge in [-0.3, -0.25) is 4.79 Å². The van der Waals surface area contributed by atoms with E-state index in [1.54, 1.807) is 12.1 Å². The van der Waals surface area contributed by atoms with E-state index in [-0.39, 0.29) is 24.3 Å². The van der Waals surface area contributed by atoms with E-state index < -0.39 is 5.97 Å². The first-order valence-corrected chi connectivity index (χ1v) is 7.25. The van der Waals surface area contributed by atoms with Gasteiger partial charge in [0.15, 0.2) is 0 Å². The first kappa shape index (κ1) is 14.6. The highest BCUT2D eigenvalue weighted by molar-refractivity contribution is 7.10.